The van der Waals surface area contributed by atoms with E-state index in [1.54, 1.807) is 0 Å². The minimum atomic E-state index is 0. The first-order valence-corrected chi connectivity index (χ1v) is 7.86. The summed E-state index contributed by atoms with van der Waals surface area (Å²) in [5.74, 6) is 0.609. The predicted octanol–water partition coefficient (Wildman–Crippen LogP) is 1.31. The van der Waals surface area contributed by atoms with Crippen molar-refractivity contribution in [2.24, 2.45) is 5.92 Å². The molecule has 2 fully saturated rings. The first-order chi connectivity index (χ1) is 9.58. The van der Waals surface area contributed by atoms with Crippen LogP contribution in [0.15, 0.2) is 0 Å². The van der Waals surface area contributed by atoms with E-state index in [0.717, 1.165) is 32.4 Å². The highest BCUT2D eigenvalue weighted by Crippen LogP contribution is 2.28. The van der Waals surface area contributed by atoms with E-state index < -0.39 is 0 Å². The van der Waals surface area contributed by atoms with Crippen molar-refractivity contribution in [2.45, 2.75) is 58.0 Å². The number of fused-ring (bicyclic) bond motifs is 2. The van der Waals surface area contributed by atoms with Crippen molar-refractivity contribution in [1.82, 2.24) is 15.5 Å². The third-order valence-electron chi connectivity index (χ3n) is 4.20. The Morgan fingerprint density at radius 2 is 1.95 bits per heavy atom. The van der Waals surface area contributed by atoms with Gasteiger partial charge in [0.05, 0.1) is 0 Å². The molecule has 0 aliphatic carbocycles. The second kappa shape index (κ2) is 8.59. The van der Waals surface area contributed by atoms with Crippen molar-refractivity contribution >= 4 is 24.2 Å². The van der Waals surface area contributed by atoms with E-state index in [-0.39, 0.29) is 24.2 Å². The molecular weight excluding hydrogens is 290 g/mol. The van der Waals surface area contributed by atoms with Gasteiger partial charge in [-0.3, -0.25) is 9.59 Å². The molecule has 0 aromatic carbocycles. The summed E-state index contributed by atoms with van der Waals surface area (Å²) in [4.78, 5) is 26.0. The van der Waals surface area contributed by atoms with Gasteiger partial charge < -0.3 is 15.5 Å². The van der Waals surface area contributed by atoms with E-state index in [0.29, 0.717) is 37.4 Å². The lowest BCUT2D eigenvalue weighted by atomic mass is 10.1. The Morgan fingerprint density at radius 3 is 2.67 bits per heavy atom. The van der Waals surface area contributed by atoms with Gasteiger partial charge in [-0.1, -0.05) is 13.8 Å². The summed E-state index contributed by atoms with van der Waals surface area (Å²) in [5, 5.41) is 6.24. The molecule has 5 nitrogen and oxygen atoms in total. The Balaban J connectivity index is 0.00000220. The van der Waals surface area contributed by atoms with Gasteiger partial charge in [0.15, 0.2) is 0 Å². The molecule has 2 heterocycles. The Bertz CT molecular complexity index is 349. The summed E-state index contributed by atoms with van der Waals surface area (Å²) in [6.07, 6.45) is 4.27. The summed E-state index contributed by atoms with van der Waals surface area (Å²) in [6, 6.07) is 0.773. The first-order valence-electron chi connectivity index (χ1n) is 7.86. The molecule has 2 aliphatic rings. The first kappa shape index (κ1) is 18.2. The van der Waals surface area contributed by atoms with Crippen molar-refractivity contribution in [3.8, 4) is 0 Å². The molecule has 0 aromatic heterocycles. The van der Waals surface area contributed by atoms with Crippen LogP contribution in [0.4, 0.5) is 0 Å². The van der Waals surface area contributed by atoms with E-state index in [1.165, 1.54) is 0 Å². The third kappa shape index (κ3) is 5.15. The topological polar surface area (TPSA) is 61.4 Å². The Hall–Kier alpha value is -0.810. The van der Waals surface area contributed by atoms with Crippen LogP contribution in [0.2, 0.25) is 0 Å². The lowest BCUT2D eigenvalue weighted by molar-refractivity contribution is -0.133. The second-order valence-corrected chi connectivity index (χ2v) is 6.38. The fraction of sp³-hybridized carbons (Fsp3) is 0.867. The smallest absolute Gasteiger partial charge is 0.224 e. The van der Waals surface area contributed by atoms with Gasteiger partial charge in [-0.2, -0.15) is 0 Å². The maximum Gasteiger partial charge on any atom is 0.224 e. The Labute approximate surface area is 133 Å². The average molecular weight is 318 g/mol. The molecule has 2 N–H and O–H groups in total. The van der Waals surface area contributed by atoms with Crippen LogP contribution in [0.1, 0.15) is 46.0 Å². The fourth-order valence-corrected chi connectivity index (χ4v) is 3.27. The number of halogens is 1. The van der Waals surface area contributed by atoms with Crippen LogP contribution in [-0.4, -0.2) is 48.4 Å². The summed E-state index contributed by atoms with van der Waals surface area (Å²) in [7, 11) is 0. The molecule has 2 rings (SSSR count). The molecule has 2 bridgehead atoms. The molecule has 2 aliphatic heterocycles. The minimum Gasteiger partial charge on any atom is -0.356 e. The maximum absolute atomic E-state index is 12.4. The van der Waals surface area contributed by atoms with E-state index in [1.807, 2.05) is 13.8 Å². The number of rotatable bonds is 5. The van der Waals surface area contributed by atoms with Gasteiger partial charge in [-0.15, -0.1) is 12.4 Å². The maximum atomic E-state index is 12.4. The highest BCUT2D eigenvalue weighted by Gasteiger charge is 2.37. The fourth-order valence-electron chi connectivity index (χ4n) is 3.27. The molecule has 2 unspecified atom stereocenters. The van der Waals surface area contributed by atoms with Crippen molar-refractivity contribution in [2.75, 3.05) is 19.6 Å². The molecule has 0 spiro atoms. The van der Waals surface area contributed by atoms with Crippen LogP contribution in [0.25, 0.3) is 0 Å². The summed E-state index contributed by atoms with van der Waals surface area (Å²) in [5.41, 5.74) is 0. The molecule has 122 valence electrons. The molecule has 0 saturated carbocycles. The van der Waals surface area contributed by atoms with Crippen LogP contribution < -0.4 is 10.6 Å². The number of carbonyl (C=O) groups is 2. The molecule has 2 atom stereocenters. The lowest BCUT2D eigenvalue weighted by Gasteiger charge is -2.28. The number of amides is 2. The predicted molar refractivity (Wildman–Crippen MR) is 85.5 cm³/mol. The molecule has 21 heavy (non-hydrogen) atoms. The van der Waals surface area contributed by atoms with Crippen molar-refractivity contribution in [3.05, 3.63) is 0 Å². The van der Waals surface area contributed by atoms with Crippen LogP contribution in [0.3, 0.4) is 0 Å². The monoisotopic (exact) mass is 317 g/mol. The van der Waals surface area contributed by atoms with Crippen LogP contribution in [0.5, 0.6) is 0 Å². The SMILES string of the molecule is CC(C)CC(=O)NCCC(=O)N1C2CCNCC1CC2.Cl. The van der Waals surface area contributed by atoms with Gasteiger partial charge in [0.1, 0.15) is 0 Å². The van der Waals surface area contributed by atoms with Gasteiger partial charge in [-0.05, 0) is 31.7 Å². The molecule has 2 amide bonds. The largest absolute Gasteiger partial charge is 0.356 e. The minimum absolute atomic E-state index is 0. The summed E-state index contributed by atoms with van der Waals surface area (Å²) < 4.78 is 0. The lowest BCUT2D eigenvalue weighted by Crippen LogP contribution is -2.43. The third-order valence-corrected chi connectivity index (χ3v) is 4.20. The van der Waals surface area contributed by atoms with E-state index in [9.17, 15) is 9.59 Å². The van der Waals surface area contributed by atoms with Crippen molar-refractivity contribution in [1.29, 1.82) is 0 Å². The molecule has 0 aromatic rings. The van der Waals surface area contributed by atoms with Crippen molar-refractivity contribution in [3.63, 3.8) is 0 Å². The zero-order chi connectivity index (χ0) is 14.5. The number of carbonyl (C=O) groups excluding carboxylic acids is 2. The quantitative estimate of drug-likeness (QED) is 0.804. The number of hydrogen-bond acceptors (Lipinski definition) is 3. The number of nitrogens with one attached hydrogen (secondary N) is 2. The standard InChI is InChI=1S/C15H27N3O2.ClH/c1-11(2)9-14(19)17-8-6-15(20)18-12-3-4-13(18)10-16-7-5-12;/h11-13,16H,3-10H2,1-2H3,(H,17,19);1H. The number of nitrogens with zero attached hydrogens (tertiary/aromatic N) is 1. The summed E-state index contributed by atoms with van der Waals surface area (Å²) >= 11 is 0. The molecular formula is C15H28ClN3O2. The van der Waals surface area contributed by atoms with Crippen LogP contribution >= 0.6 is 12.4 Å². The highest BCUT2D eigenvalue weighted by molar-refractivity contribution is 5.85. The van der Waals surface area contributed by atoms with E-state index in [4.69, 9.17) is 0 Å². The van der Waals surface area contributed by atoms with E-state index in [2.05, 4.69) is 15.5 Å². The van der Waals surface area contributed by atoms with Gasteiger partial charge in [0, 0.05) is 38.0 Å². The van der Waals surface area contributed by atoms with Crippen molar-refractivity contribution < 1.29 is 9.59 Å². The van der Waals surface area contributed by atoms with Crippen LogP contribution in [0, 0.1) is 5.92 Å². The second-order valence-electron chi connectivity index (χ2n) is 6.38. The molecule has 6 heteroatoms. The van der Waals surface area contributed by atoms with Gasteiger partial charge in [-0.25, -0.2) is 0 Å². The Morgan fingerprint density at radius 1 is 1.24 bits per heavy atom. The Kier molecular flexibility index (Phi) is 7.46. The normalized spacial score (nSPS) is 24.4. The zero-order valence-corrected chi connectivity index (χ0v) is 13.9. The van der Waals surface area contributed by atoms with Gasteiger partial charge >= 0.3 is 0 Å². The molecule has 0 radical (unpaired) electrons. The zero-order valence-electron chi connectivity index (χ0n) is 13.1. The average Bonchev–Trinajstić information content (AvgIpc) is 2.61. The van der Waals surface area contributed by atoms with E-state index >= 15 is 0 Å². The molecule has 2 saturated heterocycles. The number of hydrogen-bond donors (Lipinski definition) is 2. The van der Waals surface area contributed by atoms with Gasteiger partial charge in [0.2, 0.25) is 11.8 Å². The van der Waals surface area contributed by atoms with Crippen LogP contribution in [-0.2, 0) is 9.59 Å². The summed E-state index contributed by atoms with van der Waals surface area (Å²) in [6.45, 7) is 6.44. The van der Waals surface area contributed by atoms with Gasteiger partial charge in [0.25, 0.3) is 0 Å². The highest BCUT2D eigenvalue weighted by atomic mass is 35.5.